The van der Waals surface area contributed by atoms with E-state index in [1.54, 1.807) is 6.92 Å². The van der Waals surface area contributed by atoms with Crippen molar-refractivity contribution in [3.8, 4) is 0 Å². The smallest absolute Gasteiger partial charge is 0.263 e. The van der Waals surface area contributed by atoms with E-state index in [1.165, 1.54) is 17.0 Å². The second-order valence-electron chi connectivity index (χ2n) is 5.06. The molecule has 20 heavy (non-hydrogen) atoms. The molecule has 0 aromatic carbocycles. The quantitative estimate of drug-likeness (QED) is 0.879. The molecule has 0 saturated carbocycles. The van der Waals surface area contributed by atoms with Gasteiger partial charge in [0.25, 0.3) is 5.91 Å². The summed E-state index contributed by atoms with van der Waals surface area (Å²) >= 11 is 1.23. The molecule has 7 heteroatoms. The minimum Gasteiger partial charge on any atom is -0.375 e. The molecule has 3 rings (SSSR count). The Morgan fingerprint density at radius 1 is 1.60 bits per heavy atom. The number of fused-ring (bicyclic) bond motifs is 1. The number of nitrogen functional groups attached to an aromatic ring is 1. The van der Waals surface area contributed by atoms with E-state index in [-0.39, 0.29) is 11.9 Å². The molecule has 2 aromatic rings. The monoisotopic (exact) mass is 291 g/mol. The van der Waals surface area contributed by atoms with E-state index in [4.69, 9.17) is 5.73 Å². The van der Waals surface area contributed by atoms with Gasteiger partial charge in [-0.05, 0) is 26.2 Å². The number of nitrogens with zero attached hydrogens (tertiary/aromatic N) is 3. The first-order valence-electron chi connectivity index (χ1n) is 6.61. The van der Waals surface area contributed by atoms with Crippen LogP contribution in [0.2, 0.25) is 0 Å². The van der Waals surface area contributed by atoms with Gasteiger partial charge in [-0.15, -0.1) is 0 Å². The van der Waals surface area contributed by atoms with Gasteiger partial charge in [0, 0.05) is 18.3 Å². The summed E-state index contributed by atoms with van der Waals surface area (Å²) in [6, 6.07) is 0.0303. The number of aromatic nitrogens is 3. The maximum Gasteiger partial charge on any atom is 0.263 e. The number of thiazole rings is 1. The summed E-state index contributed by atoms with van der Waals surface area (Å²) in [5.74, 6) is -0.0987. The van der Waals surface area contributed by atoms with Gasteiger partial charge in [-0.2, -0.15) is 5.10 Å². The molecule has 0 fully saturated rings. The maximum atomic E-state index is 12.3. The van der Waals surface area contributed by atoms with Crippen LogP contribution in [0.5, 0.6) is 0 Å². The Balaban J connectivity index is 1.82. The third kappa shape index (κ3) is 2.18. The first-order chi connectivity index (χ1) is 9.56. The van der Waals surface area contributed by atoms with Crippen molar-refractivity contribution in [2.75, 3.05) is 5.73 Å². The highest BCUT2D eigenvalue weighted by atomic mass is 32.1. The second-order valence-corrected chi connectivity index (χ2v) is 6.09. The number of amides is 1. The van der Waals surface area contributed by atoms with Gasteiger partial charge >= 0.3 is 0 Å². The first-order valence-corrected chi connectivity index (χ1v) is 7.42. The van der Waals surface area contributed by atoms with Gasteiger partial charge in [-0.1, -0.05) is 11.3 Å². The highest BCUT2D eigenvalue weighted by Crippen LogP contribution is 2.30. The molecule has 2 heterocycles. The second kappa shape index (κ2) is 4.90. The molecular formula is C13H17N5OS. The molecule has 1 aliphatic carbocycles. The predicted molar refractivity (Wildman–Crippen MR) is 77.6 cm³/mol. The lowest BCUT2D eigenvalue weighted by atomic mass is 9.93. The fourth-order valence-electron chi connectivity index (χ4n) is 2.71. The Morgan fingerprint density at radius 2 is 2.40 bits per heavy atom. The highest BCUT2D eigenvalue weighted by Gasteiger charge is 2.26. The normalized spacial score (nSPS) is 17.8. The van der Waals surface area contributed by atoms with Gasteiger partial charge in [-0.25, -0.2) is 4.98 Å². The number of carbonyl (C=O) groups is 1. The fraction of sp³-hybridized carbons (Fsp3) is 0.462. The average molecular weight is 291 g/mol. The highest BCUT2D eigenvalue weighted by molar-refractivity contribution is 7.17. The standard InChI is InChI=1S/C13H17N5OS/c1-7-11(20-13(14)16-7)12(19)17-9-4-3-5-10-8(9)6-15-18(10)2/h6,9H,3-5H2,1-2H3,(H2,14,16)(H,17,19). The molecule has 6 nitrogen and oxygen atoms in total. The summed E-state index contributed by atoms with van der Waals surface area (Å²) < 4.78 is 1.89. The van der Waals surface area contributed by atoms with E-state index in [0.717, 1.165) is 24.8 Å². The van der Waals surface area contributed by atoms with E-state index < -0.39 is 0 Å². The Kier molecular flexibility index (Phi) is 3.21. The van der Waals surface area contributed by atoms with Crippen LogP contribution in [0, 0.1) is 6.92 Å². The molecule has 0 bridgehead atoms. The number of nitrogens with two attached hydrogens (primary N) is 1. The summed E-state index contributed by atoms with van der Waals surface area (Å²) in [5.41, 5.74) is 8.67. The largest absolute Gasteiger partial charge is 0.375 e. The Morgan fingerprint density at radius 3 is 3.10 bits per heavy atom. The van der Waals surface area contributed by atoms with Gasteiger partial charge in [0.2, 0.25) is 0 Å². The molecule has 0 radical (unpaired) electrons. The summed E-state index contributed by atoms with van der Waals surface area (Å²) in [7, 11) is 1.94. The van der Waals surface area contributed by atoms with Crippen molar-refractivity contribution in [1.29, 1.82) is 0 Å². The number of aryl methyl sites for hydroxylation is 2. The van der Waals surface area contributed by atoms with E-state index >= 15 is 0 Å². The molecule has 106 valence electrons. The summed E-state index contributed by atoms with van der Waals surface area (Å²) in [6.45, 7) is 1.80. The van der Waals surface area contributed by atoms with Crippen LogP contribution in [0.3, 0.4) is 0 Å². The fourth-order valence-corrected chi connectivity index (χ4v) is 3.44. The molecule has 1 aliphatic rings. The van der Waals surface area contributed by atoms with Crippen LogP contribution in [-0.4, -0.2) is 20.7 Å². The third-order valence-corrected chi connectivity index (χ3v) is 4.69. The molecule has 0 spiro atoms. The zero-order valence-electron chi connectivity index (χ0n) is 11.5. The van der Waals surface area contributed by atoms with Crippen molar-refractivity contribution >= 4 is 22.4 Å². The van der Waals surface area contributed by atoms with Crippen LogP contribution in [0.25, 0.3) is 0 Å². The third-order valence-electron chi connectivity index (χ3n) is 3.70. The number of nitrogens with one attached hydrogen (secondary N) is 1. The Hall–Kier alpha value is -1.89. The Bertz CT molecular complexity index is 660. The van der Waals surface area contributed by atoms with Gasteiger partial charge < -0.3 is 11.1 Å². The van der Waals surface area contributed by atoms with Crippen molar-refractivity contribution < 1.29 is 4.79 Å². The molecule has 1 unspecified atom stereocenters. The SMILES string of the molecule is Cc1nc(N)sc1C(=O)NC1CCCc2c1cnn2C. The molecule has 0 saturated heterocycles. The van der Waals surface area contributed by atoms with E-state index in [9.17, 15) is 4.79 Å². The summed E-state index contributed by atoms with van der Waals surface area (Å²) in [4.78, 5) is 17.0. The molecule has 0 aliphatic heterocycles. The van der Waals surface area contributed by atoms with Crippen molar-refractivity contribution in [1.82, 2.24) is 20.1 Å². The van der Waals surface area contributed by atoms with Crippen LogP contribution in [0.15, 0.2) is 6.20 Å². The molecule has 1 atom stereocenters. The van der Waals surface area contributed by atoms with Gasteiger partial charge in [0.1, 0.15) is 4.88 Å². The lowest BCUT2D eigenvalue weighted by molar-refractivity contribution is 0.0936. The minimum atomic E-state index is -0.0987. The average Bonchev–Trinajstić information content (AvgIpc) is 2.94. The van der Waals surface area contributed by atoms with Crippen LogP contribution >= 0.6 is 11.3 Å². The van der Waals surface area contributed by atoms with Crippen molar-refractivity contribution in [3.05, 3.63) is 28.0 Å². The summed E-state index contributed by atoms with van der Waals surface area (Å²) in [6.07, 6.45) is 4.87. The Labute approximate surface area is 121 Å². The molecular weight excluding hydrogens is 274 g/mol. The summed E-state index contributed by atoms with van der Waals surface area (Å²) in [5, 5.41) is 7.80. The zero-order chi connectivity index (χ0) is 14.3. The van der Waals surface area contributed by atoms with Crippen molar-refractivity contribution in [2.24, 2.45) is 7.05 Å². The molecule has 1 amide bonds. The number of hydrogen-bond donors (Lipinski definition) is 2. The number of carbonyl (C=O) groups excluding carboxylic acids is 1. The minimum absolute atomic E-state index is 0.0303. The predicted octanol–water partition coefficient (Wildman–Crippen LogP) is 1.57. The maximum absolute atomic E-state index is 12.3. The lowest BCUT2D eigenvalue weighted by Gasteiger charge is -2.23. The topological polar surface area (TPSA) is 85.8 Å². The van der Waals surface area contributed by atoms with E-state index in [0.29, 0.717) is 15.7 Å². The lowest BCUT2D eigenvalue weighted by Crippen LogP contribution is -2.30. The number of anilines is 1. The van der Waals surface area contributed by atoms with Crippen molar-refractivity contribution in [3.63, 3.8) is 0 Å². The molecule has 3 N–H and O–H groups in total. The first kappa shape index (κ1) is 13.1. The van der Waals surface area contributed by atoms with Gasteiger partial charge in [0.05, 0.1) is 17.9 Å². The van der Waals surface area contributed by atoms with Gasteiger partial charge in [0.15, 0.2) is 5.13 Å². The zero-order valence-corrected chi connectivity index (χ0v) is 12.3. The number of hydrogen-bond acceptors (Lipinski definition) is 5. The van der Waals surface area contributed by atoms with Crippen LogP contribution < -0.4 is 11.1 Å². The van der Waals surface area contributed by atoms with Crippen LogP contribution in [-0.2, 0) is 13.5 Å². The molecule has 2 aromatic heterocycles. The van der Waals surface area contributed by atoms with Crippen LogP contribution in [0.1, 0.15) is 45.5 Å². The van der Waals surface area contributed by atoms with E-state index in [1.807, 2.05) is 17.9 Å². The van der Waals surface area contributed by atoms with E-state index in [2.05, 4.69) is 15.4 Å². The van der Waals surface area contributed by atoms with Gasteiger partial charge in [-0.3, -0.25) is 9.48 Å². The van der Waals surface area contributed by atoms with Crippen molar-refractivity contribution in [2.45, 2.75) is 32.2 Å². The van der Waals surface area contributed by atoms with Crippen LogP contribution in [0.4, 0.5) is 5.13 Å². The number of rotatable bonds is 2.